The van der Waals surface area contributed by atoms with Gasteiger partial charge in [0.1, 0.15) is 0 Å². The third-order valence-corrected chi connectivity index (χ3v) is 10.7. The first-order chi connectivity index (χ1) is 15.0. The number of ether oxygens (including phenoxy) is 1. The number of hydrogen-bond acceptors (Lipinski definition) is 2. The minimum Gasteiger partial charge on any atom is -0.407 e. The van der Waals surface area contributed by atoms with Crippen molar-refractivity contribution in [2.75, 3.05) is 13.2 Å². The quantitative estimate of drug-likeness (QED) is 0.309. The summed E-state index contributed by atoms with van der Waals surface area (Å²) < 4.78 is 13.0. The number of rotatable bonds is 10. The van der Waals surface area contributed by atoms with E-state index in [0.717, 1.165) is 0 Å². The molecule has 0 aromatic heterocycles. The van der Waals surface area contributed by atoms with Gasteiger partial charge in [-0.15, -0.1) is 6.58 Å². The second-order valence-corrected chi connectivity index (χ2v) is 13.3. The van der Waals surface area contributed by atoms with Crippen molar-refractivity contribution in [1.29, 1.82) is 0 Å². The van der Waals surface area contributed by atoms with Gasteiger partial charge in [0.2, 0.25) is 0 Å². The van der Waals surface area contributed by atoms with Crippen LogP contribution in [0.3, 0.4) is 0 Å². The van der Waals surface area contributed by atoms with Crippen LogP contribution < -0.4 is 10.4 Å². The van der Waals surface area contributed by atoms with E-state index < -0.39 is 8.32 Å². The molecule has 0 spiro atoms. The summed E-state index contributed by atoms with van der Waals surface area (Å²) in [4.78, 5) is 0. The van der Waals surface area contributed by atoms with E-state index in [1.54, 1.807) is 0 Å². The highest BCUT2D eigenvalue weighted by Crippen LogP contribution is 2.37. The standard InChI is InChI=1S/C28H34O2Si/c1-5-24(21-29-22-25-15-9-6-10-16-25)23-30-31(28(2,3)4,26-17-11-7-12-18-26)27-19-13-8-14-20-27/h5-20,24H,1,21-23H2,2-4H3/t24-/m0/s1. The van der Waals surface area contributed by atoms with E-state index in [1.165, 1.54) is 15.9 Å². The lowest BCUT2D eigenvalue weighted by Crippen LogP contribution is -2.67. The van der Waals surface area contributed by atoms with Gasteiger partial charge in [-0.3, -0.25) is 0 Å². The molecule has 0 amide bonds. The number of hydrogen-bond donors (Lipinski definition) is 0. The zero-order valence-corrected chi connectivity index (χ0v) is 20.0. The van der Waals surface area contributed by atoms with E-state index in [-0.39, 0.29) is 11.0 Å². The molecule has 0 aliphatic carbocycles. The predicted molar refractivity (Wildman–Crippen MR) is 133 cm³/mol. The molecule has 0 saturated carbocycles. The Bertz CT molecular complexity index is 878. The van der Waals surface area contributed by atoms with E-state index in [9.17, 15) is 0 Å². The molecule has 1 atom stereocenters. The summed E-state index contributed by atoms with van der Waals surface area (Å²) in [6.07, 6.45) is 1.96. The van der Waals surface area contributed by atoms with Crippen molar-refractivity contribution in [3.05, 3.63) is 109 Å². The molecule has 3 aromatic rings. The van der Waals surface area contributed by atoms with E-state index in [2.05, 4.69) is 100 Å². The maximum atomic E-state index is 7.01. The van der Waals surface area contributed by atoms with Gasteiger partial charge in [0.25, 0.3) is 8.32 Å². The van der Waals surface area contributed by atoms with Gasteiger partial charge in [-0.1, -0.05) is 118 Å². The average molecular weight is 431 g/mol. The number of benzene rings is 3. The summed E-state index contributed by atoms with van der Waals surface area (Å²) in [5.74, 6) is 0.130. The average Bonchev–Trinajstić information content (AvgIpc) is 2.79. The molecule has 0 fully saturated rings. The van der Waals surface area contributed by atoms with Crippen LogP contribution in [0.2, 0.25) is 5.04 Å². The Morgan fingerprint density at radius 2 is 1.26 bits per heavy atom. The van der Waals surface area contributed by atoms with Crippen molar-refractivity contribution in [3.8, 4) is 0 Å². The van der Waals surface area contributed by atoms with Crippen molar-refractivity contribution >= 4 is 18.7 Å². The van der Waals surface area contributed by atoms with Crippen molar-refractivity contribution < 1.29 is 9.16 Å². The summed E-state index contributed by atoms with van der Waals surface area (Å²) in [5, 5.41) is 2.55. The Kier molecular flexibility index (Phi) is 8.02. The zero-order valence-electron chi connectivity index (χ0n) is 19.0. The van der Waals surface area contributed by atoms with Crippen LogP contribution in [-0.2, 0) is 15.8 Å². The highest BCUT2D eigenvalue weighted by atomic mass is 28.4. The fraction of sp³-hybridized carbons (Fsp3) is 0.286. The Hall–Kier alpha value is -2.46. The molecule has 0 unspecified atom stereocenters. The van der Waals surface area contributed by atoms with Crippen LogP contribution >= 0.6 is 0 Å². The minimum atomic E-state index is -2.53. The molecular weight excluding hydrogens is 396 g/mol. The molecular formula is C28H34O2Si. The summed E-state index contributed by atoms with van der Waals surface area (Å²) in [6, 6.07) is 31.7. The molecule has 3 heteroatoms. The molecule has 3 rings (SSSR count). The molecule has 0 heterocycles. The molecule has 31 heavy (non-hydrogen) atoms. The monoisotopic (exact) mass is 430 g/mol. The van der Waals surface area contributed by atoms with Gasteiger partial charge in [0, 0.05) is 12.5 Å². The molecule has 0 N–H and O–H groups in total. The van der Waals surface area contributed by atoms with Gasteiger partial charge in [-0.2, -0.15) is 0 Å². The van der Waals surface area contributed by atoms with Crippen LogP contribution in [0.1, 0.15) is 26.3 Å². The van der Waals surface area contributed by atoms with Gasteiger partial charge in [-0.05, 0) is 21.0 Å². The summed E-state index contributed by atoms with van der Waals surface area (Å²) in [7, 11) is -2.53. The topological polar surface area (TPSA) is 18.5 Å². The Labute approximate surface area is 188 Å². The van der Waals surface area contributed by atoms with Crippen LogP contribution in [0, 0.1) is 5.92 Å². The fourth-order valence-corrected chi connectivity index (χ4v) is 8.70. The Morgan fingerprint density at radius 3 is 1.71 bits per heavy atom. The van der Waals surface area contributed by atoms with Crippen molar-refractivity contribution in [1.82, 2.24) is 0 Å². The highest BCUT2D eigenvalue weighted by Gasteiger charge is 2.50. The van der Waals surface area contributed by atoms with Gasteiger partial charge in [0.15, 0.2) is 0 Å². The van der Waals surface area contributed by atoms with Gasteiger partial charge < -0.3 is 9.16 Å². The van der Waals surface area contributed by atoms with Gasteiger partial charge in [0.05, 0.1) is 13.2 Å². The normalized spacial score (nSPS) is 13.0. The van der Waals surface area contributed by atoms with Crippen molar-refractivity contribution in [2.45, 2.75) is 32.4 Å². The molecule has 2 nitrogen and oxygen atoms in total. The maximum Gasteiger partial charge on any atom is 0.261 e. The largest absolute Gasteiger partial charge is 0.407 e. The zero-order chi connectivity index (χ0) is 22.2. The van der Waals surface area contributed by atoms with E-state index in [0.29, 0.717) is 19.8 Å². The maximum absolute atomic E-state index is 7.01. The van der Waals surface area contributed by atoms with Crippen LogP contribution in [0.25, 0.3) is 0 Å². The van der Waals surface area contributed by atoms with Crippen molar-refractivity contribution in [2.24, 2.45) is 5.92 Å². The van der Waals surface area contributed by atoms with Crippen LogP contribution in [0.4, 0.5) is 0 Å². The molecule has 0 saturated heterocycles. The lowest BCUT2D eigenvalue weighted by Gasteiger charge is -2.43. The molecule has 162 valence electrons. The molecule has 0 aliphatic heterocycles. The molecule has 3 aromatic carbocycles. The lowest BCUT2D eigenvalue weighted by atomic mass is 10.2. The minimum absolute atomic E-state index is 0.0354. The molecule has 0 bridgehead atoms. The highest BCUT2D eigenvalue weighted by molar-refractivity contribution is 6.99. The first-order valence-corrected chi connectivity index (χ1v) is 12.9. The second-order valence-electron chi connectivity index (χ2n) is 8.97. The summed E-state index contributed by atoms with van der Waals surface area (Å²) >= 11 is 0. The molecule has 0 radical (unpaired) electrons. The Balaban J connectivity index is 1.82. The smallest absolute Gasteiger partial charge is 0.261 e. The van der Waals surface area contributed by atoms with E-state index >= 15 is 0 Å². The van der Waals surface area contributed by atoms with Crippen molar-refractivity contribution in [3.63, 3.8) is 0 Å². The van der Waals surface area contributed by atoms with E-state index in [1.807, 2.05) is 24.3 Å². The second kappa shape index (κ2) is 10.7. The summed E-state index contributed by atoms with van der Waals surface area (Å²) in [5.41, 5.74) is 1.18. The van der Waals surface area contributed by atoms with Gasteiger partial charge in [-0.25, -0.2) is 0 Å². The lowest BCUT2D eigenvalue weighted by molar-refractivity contribution is 0.0817. The predicted octanol–water partition coefficient (Wildman–Crippen LogP) is 5.58. The van der Waals surface area contributed by atoms with Crippen LogP contribution in [0.15, 0.2) is 104 Å². The van der Waals surface area contributed by atoms with E-state index in [4.69, 9.17) is 9.16 Å². The van der Waals surface area contributed by atoms with Crippen LogP contribution in [0.5, 0.6) is 0 Å². The van der Waals surface area contributed by atoms with Gasteiger partial charge >= 0.3 is 0 Å². The van der Waals surface area contributed by atoms with Crippen LogP contribution in [-0.4, -0.2) is 21.5 Å². The Morgan fingerprint density at radius 1 is 0.774 bits per heavy atom. The molecule has 0 aliphatic rings. The summed E-state index contributed by atoms with van der Waals surface area (Å²) in [6.45, 7) is 12.7. The first kappa shape index (κ1) is 23.2. The SMILES string of the molecule is C=C[C@@H](COCc1ccccc1)CO[Si](c1ccccc1)(c1ccccc1)C(C)(C)C. The fourth-order valence-electron chi connectivity index (χ4n) is 4.08. The third kappa shape index (κ3) is 5.62. The first-order valence-electron chi connectivity index (χ1n) is 11.0. The third-order valence-electron chi connectivity index (χ3n) is 5.71.